The third-order valence-electron chi connectivity index (χ3n) is 3.52. The summed E-state index contributed by atoms with van der Waals surface area (Å²) in [5.74, 6) is 0.767. The Morgan fingerprint density at radius 3 is 2.86 bits per heavy atom. The Labute approximate surface area is 129 Å². The molecule has 1 aromatic rings. The summed E-state index contributed by atoms with van der Waals surface area (Å²) >= 11 is 0. The summed E-state index contributed by atoms with van der Waals surface area (Å²) in [5, 5.41) is 22.0. The van der Waals surface area contributed by atoms with Gasteiger partial charge in [0, 0.05) is 12.7 Å². The first-order chi connectivity index (χ1) is 10.7. The first-order valence-corrected chi connectivity index (χ1v) is 7.65. The van der Waals surface area contributed by atoms with Crippen molar-refractivity contribution in [2.24, 2.45) is 0 Å². The van der Waals surface area contributed by atoms with Crippen LogP contribution in [0.5, 0.6) is 0 Å². The molecule has 1 aliphatic heterocycles. The zero-order valence-corrected chi connectivity index (χ0v) is 12.7. The van der Waals surface area contributed by atoms with E-state index in [0.717, 1.165) is 19.4 Å². The molecule has 1 aromatic heterocycles. The number of nitrogens with zero attached hydrogens (tertiary/aromatic N) is 2. The minimum absolute atomic E-state index is 0.252. The van der Waals surface area contributed by atoms with E-state index < -0.39 is 18.0 Å². The standard InChI is InChI=1S/C15H23N3O4/c1-2-3-4-5-7-16-13-6-8-18(15(21)17-13)14-12(20)9-11(10-19)22-14/h6,8-9,12,14,19-20H,2-5,7,10H2,1H3,(H,16,17,21)/t12-,14-/m1/s1. The second-order valence-corrected chi connectivity index (χ2v) is 5.28. The molecular weight excluding hydrogens is 286 g/mol. The van der Waals surface area contributed by atoms with E-state index in [9.17, 15) is 9.90 Å². The molecule has 1 aliphatic rings. The molecular formula is C15H23N3O4. The Morgan fingerprint density at radius 2 is 2.23 bits per heavy atom. The van der Waals surface area contributed by atoms with Crippen LogP contribution in [0.4, 0.5) is 5.82 Å². The molecule has 0 amide bonds. The van der Waals surface area contributed by atoms with Gasteiger partial charge in [0.1, 0.15) is 24.3 Å². The van der Waals surface area contributed by atoms with Gasteiger partial charge in [0.25, 0.3) is 0 Å². The number of ether oxygens (including phenoxy) is 1. The van der Waals surface area contributed by atoms with Crippen LogP contribution in [0, 0.1) is 0 Å². The van der Waals surface area contributed by atoms with Crippen LogP contribution in [0.3, 0.4) is 0 Å². The van der Waals surface area contributed by atoms with Crippen molar-refractivity contribution in [3.05, 3.63) is 34.6 Å². The van der Waals surface area contributed by atoms with Gasteiger partial charge in [-0.15, -0.1) is 0 Å². The Morgan fingerprint density at radius 1 is 1.41 bits per heavy atom. The lowest BCUT2D eigenvalue weighted by Crippen LogP contribution is -2.32. The van der Waals surface area contributed by atoms with Crippen molar-refractivity contribution < 1.29 is 14.9 Å². The van der Waals surface area contributed by atoms with Crippen LogP contribution in [0.1, 0.15) is 38.8 Å². The number of aliphatic hydroxyl groups excluding tert-OH is 2. The topological polar surface area (TPSA) is 96.6 Å². The number of unbranched alkanes of at least 4 members (excludes halogenated alkanes) is 3. The van der Waals surface area contributed by atoms with Crippen molar-refractivity contribution >= 4 is 5.82 Å². The Kier molecular flexibility index (Phi) is 5.97. The number of aliphatic hydroxyl groups is 2. The molecule has 2 rings (SSSR count). The van der Waals surface area contributed by atoms with Crippen molar-refractivity contribution in [2.75, 3.05) is 18.5 Å². The molecule has 22 heavy (non-hydrogen) atoms. The van der Waals surface area contributed by atoms with Gasteiger partial charge in [-0.2, -0.15) is 4.98 Å². The fourth-order valence-corrected chi connectivity index (χ4v) is 2.32. The maximum absolute atomic E-state index is 12.0. The summed E-state index contributed by atoms with van der Waals surface area (Å²) in [4.78, 5) is 16.0. The van der Waals surface area contributed by atoms with E-state index in [-0.39, 0.29) is 12.4 Å². The predicted octanol–water partition coefficient (Wildman–Crippen LogP) is 1.00. The Hall–Kier alpha value is -1.86. The van der Waals surface area contributed by atoms with Crippen molar-refractivity contribution in [1.82, 2.24) is 9.55 Å². The van der Waals surface area contributed by atoms with Crippen LogP contribution in [-0.2, 0) is 4.74 Å². The molecule has 0 aliphatic carbocycles. The SMILES string of the molecule is CCCCCCNc1ccn([C@@H]2OC(CO)=C[C@H]2O)c(=O)n1. The normalized spacial score (nSPS) is 20.6. The maximum Gasteiger partial charge on any atom is 0.352 e. The van der Waals surface area contributed by atoms with Gasteiger partial charge in [0.05, 0.1) is 0 Å². The van der Waals surface area contributed by atoms with Crippen molar-refractivity contribution in [1.29, 1.82) is 0 Å². The number of nitrogens with one attached hydrogen (secondary N) is 1. The number of anilines is 1. The van der Waals surface area contributed by atoms with E-state index in [1.165, 1.54) is 29.7 Å². The van der Waals surface area contributed by atoms with E-state index in [1.807, 2.05) is 0 Å². The molecule has 7 heteroatoms. The lowest BCUT2D eigenvalue weighted by atomic mass is 10.2. The second-order valence-electron chi connectivity index (χ2n) is 5.28. The van der Waals surface area contributed by atoms with Crippen LogP contribution in [-0.4, -0.2) is 39.0 Å². The molecule has 0 aromatic carbocycles. The molecule has 0 bridgehead atoms. The number of hydrogen-bond acceptors (Lipinski definition) is 6. The number of hydrogen-bond donors (Lipinski definition) is 3. The summed E-state index contributed by atoms with van der Waals surface area (Å²) in [6.45, 7) is 2.62. The molecule has 2 heterocycles. The van der Waals surface area contributed by atoms with Crippen molar-refractivity contribution in [3.8, 4) is 0 Å². The van der Waals surface area contributed by atoms with E-state index in [4.69, 9.17) is 9.84 Å². The number of aromatic nitrogens is 2. The maximum atomic E-state index is 12.0. The van der Waals surface area contributed by atoms with Gasteiger partial charge in [-0.25, -0.2) is 4.79 Å². The predicted molar refractivity (Wildman–Crippen MR) is 82.4 cm³/mol. The third-order valence-corrected chi connectivity index (χ3v) is 3.52. The molecule has 0 radical (unpaired) electrons. The van der Waals surface area contributed by atoms with Gasteiger partial charge >= 0.3 is 5.69 Å². The molecule has 0 fully saturated rings. The minimum Gasteiger partial charge on any atom is -0.469 e. The van der Waals surface area contributed by atoms with Gasteiger partial charge in [-0.3, -0.25) is 4.57 Å². The molecule has 0 unspecified atom stereocenters. The van der Waals surface area contributed by atoms with Gasteiger partial charge in [0.15, 0.2) is 0 Å². The summed E-state index contributed by atoms with van der Waals surface area (Å²) < 4.78 is 6.53. The zero-order valence-electron chi connectivity index (χ0n) is 12.7. The van der Waals surface area contributed by atoms with Crippen LogP contribution in [0.25, 0.3) is 0 Å². The van der Waals surface area contributed by atoms with Gasteiger partial charge in [0.2, 0.25) is 6.23 Å². The molecule has 0 saturated carbocycles. The van der Waals surface area contributed by atoms with Crippen LogP contribution < -0.4 is 11.0 Å². The highest BCUT2D eigenvalue weighted by Crippen LogP contribution is 2.24. The Bertz CT molecular complexity index is 570. The summed E-state index contributed by atoms with van der Waals surface area (Å²) in [6, 6.07) is 1.67. The number of rotatable bonds is 8. The largest absolute Gasteiger partial charge is 0.469 e. The average Bonchev–Trinajstić information content (AvgIpc) is 2.88. The highest BCUT2D eigenvalue weighted by Gasteiger charge is 2.29. The lowest BCUT2D eigenvalue weighted by molar-refractivity contribution is -0.0103. The molecule has 3 N–H and O–H groups in total. The van der Waals surface area contributed by atoms with Crippen LogP contribution in [0.15, 0.2) is 28.9 Å². The van der Waals surface area contributed by atoms with Gasteiger partial charge < -0.3 is 20.3 Å². The molecule has 2 atom stereocenters. The third kappa shape index (κ3) is 4.08. The molecule has 7 nitrogen and oxygen atoms in total. The van der Waals surface area contributed by atoms with Crippen LogP contribution >= 0.6 is 0 Å². The molecule has 0 spiro atoms. The van der Waals surface area contributed by atoms with E-state index in [1.54, 1.807) is 6.07 Å². The Balaban J connectivity index is 1.94. The summed E-state index contributed by atoms with van der Waals surface area (Å²) in [6.07, 6.45) is 5.64. The fourth-order valence-electron chi connectivity index (χ4n) is 2.32. The first kappa shape index (κ1) is 16.5. The van der Waals surface area contributed by atoms with Gasteiger partial charge in [-0.1, -0.05) is 26.2 Å². The first-order valence-electron chi connectivity index (χ1n) is 7.65. The van der Waals surface area contributed by atoms with E-state index in [2.05, 4.69) is 17.2 Å². The van der Waals surface area contributed by atoms with Crippen molar-refractivity contribution in [3.63, 3.8) is 0 Å². The quantitative estimate of drug-likeness (QED) is 0.620. The average molecular weight is 309 g/mol. The monoisotopic (exact) mass is 309 g/mol. The minimum atomic E-state index is -0.977. The van der Waals surface area contributed by atoms with Crippen molar-refractivity contribution in [2.45, 2.75) is 44.9 Å². The van der Waals surface area contributed by atoms with Gasteiger partial charge in [-0.05, 0) is 18.6 Å². The fraction of sp³-hybridized carbons (Fsp3) is 0.600. The molecule has 0 saturated heterocycles. The van der Waals surface area contributed by atoms with Crippen LogP contribution in [0.2, 0.25) is 0 Å². The zero-order chi connectivity index (χ0) is 15.9. The summed E-state index contributed by atoms with van der Waals surface area (Å²) in [7, 11) is 0. The molecule has 122 valence electrons. The highest BCUT2D eigenvalue weighted by molar-refractivity contribution is 5.31. The second kappa shape index (κ2) is 7.95. The lowest BCUT2D eigenvalue weighted by Gasteiger charge is -2.18. The van der Waals surface area contributed by atoms with E-state index >= 15 is 0 Å². The van der Waals surface area contributed by atoms with E-state index in [0.29, 0.717) is 5.82 Å². The smallest absolute Gasteiger partial charge is 0.352 e. The highest BCUT2D eigenvalue weighted by atomic mass is 16.5. The summed E-state index contributed by atoms with van der Waals surface area (Å²) in [5.41, 5.74) is -0.504.